The number of rotatable bonds is 7. The molecule has 7 nitrogen and oxygen atoms in total. The van der Waals surface area contributed by atoms with Crippen LogP contribution in [-0.2, 0) is 27.8 Å². The van der Waals surface area contributed by atoms with E-state index in [1.165, 1.54) is 19.2 Å². The van der Waals surface area contributed by atoms with Gasteiger partial charge in [-0.25, -0.2) is 13.1 Å². The van der Waals surface area contributed by atoms with E-state index in [0.29, 0.717) is 30.9 Å². The van der Waals surface area contributed by atoms with Crippen molar-refractivity contribution in [3.05, 3.63) is 53.6 Å². The van der Waals surface area contributed by atoms with Crippen molar-refractivity contribution in [1.82, 2.24) is 10.0 Å². The molecule has 0 saturated carbocycles. The summed E-state index contributed by atoms with van der Waals surface area (Å²) in [5.74, 6) is 1.33. The SMILES string of the molecule is CNS(=O)(=O)c1ccc(CCC(=O)NCc2ccc3c(c2)OCO3)cc1. The van der Waals surface area contributed by atoms with Crippen LogP contribution < -0.4 is 19.5 Å². The van der Waals surface area contributed by atoms with E-state index in [9.17, 15) is 13.2 Å². The summed E-state index contributed by atoms with van der Waals surface area (Å²) in [5, 5.41) is 2.86. The number of ether oxygens (including phenoxy) is 2. The Bertz CT molecular complexity index is 894. The first kappa shape index (κ1) is 18.2. The van der Waals surface area contributed by atoms with E-state index in [-0.39, 0.29) is 17.6 Å². The predicted molar refractivity (Wildman–Crippen MR) is 95.4 cm³/mol. The molecule has 138 valence electrons. The molecule has 0 bridgehead atoms. The molecule has 0 saturated heterocycles. The molecule has 0 spiro atoms. The van der Waals surface area contributed by atoms with E-state index in [1.54, 1.807) is 12.1 Å². The fraction of sp³-hybridized carbons (Fsp3) is 0.278. The number of amides is 1. The van der Waals surface area contributed by atoms with E-state index in [0.717, 1.165) is 11.1 Å². The Morgan fingerprint density at radius 3 is 2.46 bits per heavy atom. The van der Waals surface area contributed by atoms with Crippen LogP contribution >= 0.6 is 0 Å². The maximum atomic E-state index is 12.0. The molecular formula is C18H20N2O5S. The molecule has 2 N–H and O–H groups in total. The molecule has 0 radical (unpaired) electrons. The summed E-state index contributed by atoms with van der Waals surface area (Å²) < 4.78 is 36.2. The van der Waals surface area contributed by atoms with E-state index in [2.05, 4.69) is 10.0 Å². The summed E-state index contributed by atoms with van der Waals surface area (Å²) in [5.41, 5.74) is 1.84. The highest BCUT2D eigenvalue weighted by Crippen LogP contribution is 2.32. The van der Waals surface area contributed by atoms with Gasteiger partial charge in [0.15, 0.2) is 11.5 Å². The first-order valence-corrected chi connectivity index (χ1v) is 9.64. The van der Waals surface area contributed by atoms with Crippen LogP contribution in [0.2, 0.25) is 0 Å². The minimum atomic E-state index is -3.44. The monoisotopic (exact) mass is 376 g/mol. The lowest BCUT2D eigenvalue weighted by atomic mass is 10.1. The van der Waals surface area contributed by atoms with Crippen molar-refractivity contribution in [3.63, 3.8) is 0 Å². The highest BCUT2D eigenvalue weighted by molar-refractivity contribution is 7.89. The highest BCUT2D eigenvalue weighted by atomic mass is 32.2. The molecule has 1 amide bonds. The Balaban J connectivity index is 1.48. The molecule has 26 heavy (non-hydrogen) atoms. The van der Waals surface area contributed by atoms with E-state index in [4.69, 9.17) is 9.47 Å². The van der Waals surface area contributed by atoms with Crippen LogP contribution in [0, 0.1) is 0 Å². The second-order valence-electron chi connectivity index (χ2n) is 5.82. The molecule has 0 aromatic heterocycles. The molecule has 0 unspecified atom stereocenters. The second-order valence-corrected chi connectivity index (χ2v) is 7.70. The largest absolute Gasteiger partial charge is 0.454 e. The topological polar surface area (TPSA) is 93.7 Å². The lowest BCUT2D eigenvalue weighted by Gasteiger charge is -2.07. The normalized spacial score (nSPS) is 12.8. The lowest BCUT2D eigenvalue weighted by Crippen LogP contribution is -2.23. The predicted octanol–water partition coefficient (Wildman–Crippen LogP) is 1.57. The maximum absolute atomic E-state index is 12.0. The number of sulfonamides is 1. The first-order valence-electron chi connectivity index (χ1n) is 8.15. The van der Waals surface area contributed by atoms with Crippen LogP contribution in [0.1, 0.15) is 17.5 Å². The number of carbonyl (C=O) groups is 1. The first-order chi connectivity index (χ1) is 12.5. The van der Waals surface area contributed by atoms with Crippen LogP contribution in [0.25, 0.3) is 0 Å². The van der Waals surface area contributed by atoms with Crippen molar-refractivity contribution in [2.24, 2.45) is 0 Å². The fourth-order valence-electron chi connectivity index (χ4n) is 2.55. The van der Waals surface area contributed by atoms with E-state index < -0.39 is 10.0 Å². The molecule has 1 heterocycles. The fourth-order valence-corrected chi connectivity index (χ4v) is 3.28. The Morgan fingerprint density at radius 2 is 1.73 bits per heavy atom. The van der Waals surface area contributed by atoms with Crippen molar-refractivity contribution >= 4 is 15.9 Å². The molecule has 8 heteroatoms. The van der Waals surface area contributed by atoms with Gasteiger partial charge in [0.25, 0.3) is 0 Å². The Hall–Kier alpha value is -2.58. The van der Waals surface area contributed by atoms with Gasteiger partial charge >= 0.3 is 0 Å². The van der Waals surface area contributed by atoms with Gasteiger partial charge in [-0.05, 0) is 48.9 Å². The summed E-state index contributed by atoms with van der Waals surface area (Å²) in [6.45, 7) is 0.633. The van der Waals surface area contributed by atoms with Crippen molar-refractivity contribution in [1.29, 1.82) is 0 Å². The second kappa shape index (κ2) is 7.76. The zero-order chi connectivity index (χ0) is 18.6. The third-order valence-electron chi connectivity index (χ3n) is 4.07. The molecule has 1 aliphatic rings. The molecule has 0 fully saturated rings. The number of hydrogen-bond acceptors (Lipinski definition) is 5. The third kappa shape index (κ3) is 4.33. The molecular weight excluding hydrogens is 356 g/mol. The average Bonchev–Trinajstić information content (AvgIpc) is 3.13. The number of aryl methyl sites for hydroxylation is 1. The summed E-state index contributed by atoms with van der Waals surface area (Å²) in [4.78, 5) is 12.2. The van der Waals surface area contributed by atoms with Gasteiger partial charge in [-0.3, -0.25) is 4.79 Å². The minimum Gasteiger partial charge on any atom is -0.454 e. The molecule has 2 aromatic rings. The highest BCUT2D eigenvalue weighted by Gasteiger charge is 2.14. The number of nitrogens with one attached hydrogen (secondary N) is 2. The Labute approximate surface area is 152 Å². The van der Waals surface area contributed by atoms with Crippen LogP contribution in [0.15, 0.2) is 47.4 Å². The van der Waals surface area contributed by atoms with Crippen LogP contribution in [0.3, 0.4) is 0 Å². The molecule has 3 rings (SSSR count). The van der Waals surface area contributed by atoms with Gasteiger partial charge in [0, 0.05) is 13.0 Å². The number of carbonyl (C=O) groups excluding carboxylic acids is 1. The van der Waals surface area contributed by atoms with Crippen molar-refractivity contribution in [2.75, 3.05) is 13.8 Å². The molecule has 2 aromatic carbocycles. The zero-order valence-corrected chi connectivity index (χ0v) is 15.1. The number of fused-ring (bicyclic) bond motifs is 1. The van der Waals surface area contributed by atoms with Gasteiger partial charge in [-0.15, -0.1) is 0 Å². The quantitative estimate of drug-likeness (QED) is 0.765. The third-order valence-corrected chi connectivity index (χ3v) is 5.50. The molecule has 1 aliphatic heterocycles. The average molecular weight is 376 g/mol. The molecule has 0 aliphatic carbocycles. The summed E-state index contributed by atoms with van der Waals surface area (Å²) in [6.07, 6.45) is 0.857. The zero-order valence-electron chi connectivity index (χ0n) is 14.3. The van der Waals surface area contributed by atoms with Crippen LogP contribution in [0.5, 0.6) is 11.5 Å². The maximum Gasteiger partial charge on any atom is 0.240 e. The smallest absolute Gasteiger partial charge is 0.240 e. The van der Waals surface area contributed by atoms with Gasteiger partial charge in [0.1, 0.15) is 0 Å². The van der Waals surface area contributed by atoms with E-state index >= 15 is 0 Å². The summed E-state index contributed by atoms with van der Waals surface area (Å²) in [6, 6.07) is 12.1. The standard InChI is InChI=1S/C18H20N2O5S/c1-19-26(22,23)15-6-2-13(3-7-15)5-9-18(21)20-11-14-4-8-16-17(10-14)25-12-24-16/h2-4,6-8,10,19H,5,9,11-12H2,1H3,(H,20,21). The van der Waals surface area contributed by atoms with Crippen molar-refractivity contribution in [3.8, 4) is 11.5 Å². The Kier molecular flexibility index (Phi) is 5.43. The summed E-state index contributed by atoms with van der Waals surface area (Å²) >= 11 is 0. The summed E-state index contributed by atoms with van der Waals surface area (Å²) in [7, 11) is -2.07. The van der Waals surface area contributed by atoms with Gasteiger partial charge in [0.2, 0.25) is 22.7 Å². The van der Waals surface area contributed by atoms with Crippen molar-refractivity contribution in [2.45, 2.75) is 24.3 Å². The van der Waals surface area contributed by atoms with Gasteiger partial charge < -0.3 is 14.8 Å². The van der Waals surface area contributed by atoms with Gasteiger partial charge in [0.05, 0.1) is 4.90 Å². The van der Waals surface area contributed by atoms with E-state index in [1.807, 2.05) is 18.2 Å². The van der Waals surface area contributed by atoms with Gasteiger partial charge in [-0.2, -0.15) is 0 Å². The number of benzene rings is 2. The number of hydrogen-bond donors (Lipinski definition) is 2. The lowest BCUT2D eigenvalue weighted by molar-refractivity contribution is -0.121. The Morgan fingerprint density at radius 1 is 1.04 bits per heavy atom. The molecule has 0 atom stereocenters. The van der Waals surface area contributed by atoms with Crippen LogP contribution in [0.4, 0.5) is 0 Å². The van der Waals surface area contributed by atoms with Crippen LogP contribution in [-0.4, -0.2) is 28.2 Å². The van der Waals surface area contributed by atoms with Gasteiger partial charge in [-0.1, -0.05) is 18.2 Å². The minimum absolute atomic E-state index is 0.0745. The van der Waals surface area contributed by atoms with Crippen molar-refractivity contribution < 1.29 is 22.7 Å².